The second kappa shape index (κ2) is 7.56. The molecule has 1 heterocycles. The average Bonchev–Trinajstić information content (AvgIpc) is 2.85. The molecule has 0 fully saturated rings. The lowest BCUT2D eigenvalue weighted by Gasteiger charge is -2.15. The number of rotatable bonds is 6. The molecule has 0 saturated heterocycles. The lowest BCUT2D eigenvalue weighted by Crippen LogP contribution is -2.24. The van der Waals surface area contributed by atoms with Gasteiger partial charge < -0.3 is 10.5 Å². The average molecular weight is 334 g/mol. The Balaban J connectivity index is 1.62. The minimum atomic E-state index is -0.111. The Labute approximate surface area is 150 Å². The van der Waals surface area contributed by atoms with Crippen LogP contribution in [-0.2, 0) is 0 Å². The summed E-state index contributed by atoms with van der Waals surface area (Å²) in [5.74, 6) is 0. The summed E-state index contributed by atoms with van der Waals surface area (Å²) < 4.78 is 1.20. The molecule has 0 saturated carbocycles. The van der Waals surface area contributed by atoms with E-state index in [1.165, 1.54) is 4.74 Å². The van der Waals surface area contributed by atoms with Crippen molar-refractivity contribution in [3.63, 3.8) is 0 Å². The fourth-order valence-corrected chi connectivity index (χ4v) is 3.54. The van der Waals surface area contributed by atoms with Gasteiger partial charge in [0.15, 0.2) is 6.04 Å². The van der Waals surface area contributed by atoms with Gasteiger partial charge in [-0.1, -0.05) is 42.5 Å². The Morgan fingerprint density at radius 1 is 1.08 bits per heavy atom. The summed E-state index contributed by atoms with van der Waals surface area (Å²) in [5, 5.41) is 16.2. The highest BCUT2D eigenvalue weighted by atomic mass is 16.5. The molecule has 1 unspecified atom stereocenters. The zero-order chi connectivity index (χ0) is 17.7. The number of para-hydroxylation sites is 1. The summed E-state index contributed by atoms with van der Waals surface area (Å²) in [6, 6.07) is 20.1. The first-order valence-corrected chi connectivity index (χ1v) is 8.93. The summed E-state index contributed by atoms with van der Waals surface area (Å²) in [5.41, 5.74) is 2.94. The van der Waals surface area contributed by atoms with Crippen molar-refractivity contribution in [2.45, 2.75) is 32.7 Å². The maximum atomic E-state index is 12.8. The van der Waals surface area contributed by atoms with Crippen LogP contribution in [0.4, 0.5) is 5.69 Å². The van der Waals surface area contributed by atoms with Gasteiger partial charge in [-0.2, -0.15) is 0 Å². The molecule has 0 amide bonds. The van der Waals surface area contributed by atoms with E-state index < -0.39 is 0 Å². The minimum absolute atomic E-state index is 0.0815. The summed E-state index contributed by atoms with van der Waals surface area (Å²) in [4.78, 5) is 0. The van der Waals surface area contributed by atoms with Crippen molar-refractivity contribution in [2.75, 3.05) is 11.9 Å². The monoisotopic (exact) mass is 334 g/mol. The third kappa shape index (κ3) is 4.11. The Morgan fingerprint density at radius 2 is 1.72 bits per heavy atom. The Kier molecular flexibility index (Phi) is 5.22. The van der Waals surface area contributed by atoms with E-state index in [9.17, 15) is 5.21 Å². The number of hydroxylamine groups is 1. The highest BCUT2D eigenvalue weighted by Crippen LogP contribution is 2.35. The van der Waals surface area contributed by atoms with E-state index in [0.29, 0.717) is 0 Å². The van der Waals surface area contributed by atoms with Crippen LogP contribution < -0.4 is 5.32 Å². The van der Waals surface area contributed by atoms with Gasteiger partial charge >= 0.3 is 0 Å². The van der Waals surface area contributed by atoms with Gasteiger partial charge in [0.05, 0.1) is 5.41 Å². The molecular weight excluding hydrogens is 308 g/mol. The highest BCUT2D eigenvalue weighted by molar-refractivity contribution is 6.01. The van der Waals surface area contributed by atoms with E-state index in [4.69, 9.17) is 0 Å². The normalized spacial score (nSPS) is 19.5. The quantitative estimate of drug-likeness (QED) is 0.355. The van der Waals surface area contributed by atoms with Crippen LogP contribution in [0.25, 0.3) is 0 Å². The molecule has 1 atom stereocenters. The molecule has 1 aliphatic heterocycles. The predicted octanol–water partition coefficient (Wildman–Crippen LogP) is 4.84. The molecule has 3 heteroatoms. The smallest absolute Gasteiger partial charge is 0.200 e. The fraction of sp³-hybridized carbons (Fsp3) is 0.318. The summed E-state index contributed by atoms with van der Waals surface area (Å²) in [6.07, 6.45) is 5.94. The summed E-state index contributed by atoms with van der Waals surface area (Å²) in [6.45, 7) is 5.18. The van der Waals surface area contributed by atoms with Crippen molar-refractivity contribution >= 4 is 11.4 Å². The first kappa shape index (κ1) is 17.3. The first-order chi connectivity index (χ1) is 12.1. The van der Waals surface area contributed by atoms with Gasteiger partial charge in [0.2, 0.25) is 5.71 Å². The van der Waals surface area contributed by atoms with Crippen molar-refractivity contribution in [3.8, 4) is 0 Å². The third-order valence-corrected chi connectivity index (χ3v) is 4.70. The molecule has 0 aliphatic carbocycles. The van der Waals surface area contributed by atoms with E-state index in [0.717, 1.165) is 36.3 Å². The van der Waals surface area contributed by atoms with Gasteiger partial charge in [0, 0.05) is 24.2 Å². The van der Waals surface area contributed by atoms with Gasteiger partial charge in [-0.15, -0.1) is 0 Å². The third-order valence-electron chi connectivity index (χ3n) is 4.70. The molecule has 0 radical (unpaired) electrons. The molecule has 1 N–H and O–H groups in total. The lowest BCUT2D eigenvalue weighted by molar-refractivity contribution is -0.478. The second-order valence-electron chi connectivity index (χ2n) is 7.21. The highest BCUT2D eigenvalue weighted by Gasteiger charge is 2.44. The van der Waals surface area contributed by atoms with Crippen LogP contribution in [0.1, 0.15) is 32.3 Å². The Bertz CT molecular complexity index is 748. The van der Waals surface area contributed by atoms with Crippen LogP contribution in [0, 0.1) is 10.6 Å². The van der Waals surface area contributed by atoms with Crippen molar-refractivity contribution in [2.24, 2.45) is 5.41 Å². The molecule has 2 aromatic carbocycles. The number of nitrogens with one attached hydrogen (secondary N) is 1. The van der Waals surface area contributed by atoms with Crippen molar-refractivity contribution in [3.05, 3.63) is 83.6 Å². The zero-order valence-corrected chi connectivity index (χ0v) is 15.0. The van der Waals surface area contributed by atoms with Gasteiger partial charge in [-0.05, 0) is 50.6 Å². The summed E-state index contributed by atoms with van der Waals surface area (Å²) in [7, 11) is 0. The van der Waals surface area contributed by atoms with Crippen molar-refractivity contribution < 1.29 is 4.74 Å². The van der Waals surface area contributed by atoms with Gasteiger partial charge in [-0.25, -0.2) is 4.74 Å². The van der Waals surface area contributed by atoms with E-state index in [1.54, 1.807) is 0 Å². The van der Waals surface area contributed by atoms with Crippen LogP contribution in [-0.4, -0.2) is 23.0 Å². The van der Waals surface area contributed by atoms with E-state index in [1.807, 2.05) is 48.5 Å². The standard InChI is InChI=1S/C22H26N2O/c1-22(2)17-20(24(25)21(22)18-11-5-3-6-12-18)15-9-10-16-23-19-13-7-4-8-14-19/h3-9,11-15,20,23H,10,16-17H2,1-2H3/b15-9+. The van der Waals surface area contributed by atoms with Crippen molar-refractivity contribution in [1.82, 2.24) is 0 Å². The minimum Gasteiger partial charge on any atom is -0.623 e. The van der Waals surface area contributed by atoms with Crippen LogP contribution >= 0.6 is 0 Å². The molecular formula is C22H26N2O. The second-order valence-corrected chi connectivity index (χ2v) is 7.21. The molecule has 0 aromatic heterocycles. The van der Waals surface area contributed by atoms with Gasteiger partial charge in [0.25, 0.3) is 0 Å². The molecule has 1 aliphatic rings. The Morgan fingerprint density at radius 3 is 2.40 bits per heavy atom. The first-order valence-electron chi connectivity index (χ1n) is 8.93. The van der Waals surface area contributed by atoms with Gasteiger partial charge in [-0.3, -0.25) is 0 Å². The molecule has 0 bridgehead atoms. The van der Waals surface area contributed by atoms with Crippen LogP contribution in [0.5, 0.6) is 0 Å². The number of benzene rings is 2. The molecule has 25 heavy (non-hydrogen) atoms. The fourth-order valence-electron chi connectivity index (χ4n) is 3.54. The molecule has 0 spiro atoms. The predicted molar refractivity (Wildman–Crippen MR) is 105 cm³/mol. The van der Waals surface area contributed by atoms with E-state index in [-0.39, 0.29) is 11.5 Å². The van der Waals surface area contributed by atoms with E-state index >= 15 is 0 Å². The number of anilines is 1. The van der Waals surface area contributed by atoms with Crippen LogP contribution in [0.3, 0.4) is 0 Å². The largest absolute Gasteiger partial charge is 0.623 e. The molecule has 2 aromatic rings. The number of hydrogen-bond acceptors (Lipinski definition) is 2. The van der Waals surface area contributed by atoms with E-state index in [2.05, 4.69) is 43.4 Å². The van der Waals surface area contributed by atoms with Crippen LogP contribution in [0.15, 0.2) is 72.8 Å². The van der Waals surface area contributed by atoms with Crippen LogP contribution in [0.2, 0.25) is 0 Å². The molecule has 3 nitrogen and oxygen atoms in total. The van der Waals surface area contributed by atoms with Gasteiger partial charge in [0.1, 0.15) is 0 Å². The summed E-state index contributed by atoms with van der Waals surface area (Å²) >= 11 is 0. The number of nitrogens with zero attached hydrogens (tertiary/aromatic N) is 1. The maximum Gasteiger partial charge on any atom is 0.200 e. The molecule has 3 rings (SSSR count). The molecule has 130 valence electrons. The number of hydrogen-bond donors (Lipinski definition) is 1. The topological polar surface area (TPSA) is 38.1 Å². The SMILES string of the molecule is CC1(C)CC(/C=C/CCNc2ccccc2)[N+]([O-])=C1c1ccccc1. The zero-order valence-electron chi connectivity index (χ0n) is 15.0. The Hall–Kier alpha value is -2.55. The maximum absolute atomic E-state index is 12.8. The van der Waals surface area contributed by atoms with Crippen molar-refractivity contribution in [1.29, 1.82) is 0 Å². The lowest BCUT2D eigenvalue weighted by atomic mass is 9.81.